The van der Waals surface area contributed by atoms with Crippen LogP contribution in [0.1, 0.15) is 23.0 Å². The second-order valence-corrected chi connectivity index (χ2v) is 4.15. The molecule has 2 rings (SSSR count). The maximum absolute atomic E-state index is 12.1. The van der Waals surface area contributed by atoms with Gasteiger partial charge in [-0.1, -0.05) is 6.07 Å². The summed E-state index contributed by atoms with van der Waals surface area (Å²) in [6.07, 6.45) is 1.58. The molecule has 1 aromatic heterocycles. The number of pyridine rings is 1. The van der Waals surface area contributed by atoms with Crippen molar-refractivity contribution >= 4 is 11.6 Å². The zero-order chi connectivity index (χ0) is 14.4. The van der Waals surface area contributed by atoms with Crippen LogP contribution >= 0.6 is 0 Å². The van der Waals surface area contributed by atoms with Crippen molar-refractivity contribution in [3.8, 4) is 5.75 Å². The Kier molecular flexibility index (Phi) is 4.68. The van der Waals surface area contributed by atoms with Gasteiger partial charge in [0, 0.05) is 30.1 Å². The summed E-state index contributed by atoms with van der Waals surface area (Å²) in [6, 6.07) is 10.6. The Labute approximate surface area is 117 Å². The van der Waals surface area contributed by atoms with Crippen LogP contribution in [-0.2, 0) is 6.54 Å². The first-order valence-electron chi connectivity index (χ1n) is 6.42. The maximum Gasteiger partial charge on any atom is 0.255 e. The van der Waals surface area contributed by atoms with Gasteiger partial charge in [-0.2, -0.15) is 0 Å². The fourth-order valence-electron chi connectivity index (χ4n) is 1.76. The number of nitrogens with zero attached hydrogens (tertiary/aromatic N) is 1. The number of hydrogen-bond acceptors (Lipinski definition) is 4. The van der Waals surface area contributed by atoms with E-state index >= 15 is 0 Å². The highest BCUT2D eigenvalue weighted by Gasteiger charge is 2.07. The van der Waals surface area contributed by atoms with E-state index in [1.807, 2.05) is 25.1 Å². The van der Waals surface area contributed by atoms with E-state index in [1.54, 1.807) is 24.4 Å². The number of carbonyl (C=O) groups is 1. The number of benzene rings is 1. The molecule has 20 heavy (non-hydrogen) atoms. The molecule has 0 spiro atoms. The van der Waals surface area contributed by atoms with Gasteiger partial charge in [0.15, 0.2) is 0 Å². The molecule has 0 aliphatic heterocycles. The van der Waals surface area contributed by atoms with Crippen molar-refractivity contribution in [1.82, 2.24) is 4.98 Å². The lowest BCUT2D eigenvalue weighted by Gasteiger charge is -2.08. The standard InChI is InChI=1S/C15H17N3O2/c1-2-20-14-5-3-4-12(9-14)18-15(19)11-6-7-17-13(8-11)10-16/h3-9H,2,10,16H2,1H3,(H,18,19). The van der Waals surface area contributed by atoms with Crippen molar-refractivity contribution in [3.63, 3.8) is 0 Å². The average Bonchev–Trinajstić information content (AvgIpc) is 2.48. The van der Waals surface area contributed by atoms with Gasteiger partial charge < -0.3 is 15.8 Å². The van der Waals surface area contributed by atoms with E-state index in [-0.39, 0.29) is 5.91 Å². The lowest BCUT2D eigenvalue weighted by atomic mass is 10.2. The van der Waals surface area contributed by atoms with Gasteiger partial charge in [0.2, 0.25) is 0 Å². The largest absolute Gasteiger partial charge is 0.494 e. The SMILES string of the molecule is CCOc1cccc(NC(=O)c2ccnc(CN)c2)c1. The Morgan fingerprint density at radius 1 is 1.35 bits per heavy atom. The minimum Gasteiger partial charge on any atom is -0.494 e. The number of hydrogen-bond donors (Lipinski definition) is 2. The molecule has 0 aliphatic rings. The minimum atomic E-state index is -0.198. The Hall–Kier alpha value is -2.40. The van der Waals surface area contributed by atoms with E-state index in [1.165, 1.54) is 0 Å². The summed E-state index contributed by atoms with van der Waals surface area (Å²) in [4.78, 5) is 16.2. The molecule has 0 saturated carbocycles. The molecule has 1 heterocycles. The van der Waals surface area contributed by atoms with Crippen molar-refractivity contribution in [2.24, 2.45) is 5.73 Å². The Bertz CT molecular complexity index is 599. The summed E-state index contributed by atoms with van der Waals surface area (Å²) in [6.45, 7) is 2.80. The van der Waals surface area contributed by atoms with E-state index in [0.29, 0.717) is 30.1 Å². The fourth-order valence-corrected chi connectivity index (χ4v) is 1.76. The van der Waals surface area contributed by atoms with E-state index in [2.05, 4.69) is 10.3 Å². The van der Waals surface area contributed by atoms with Crippen LogP contribution in [-0.4, -0.2) is 17.5 Å². The lowest BCUT2D eigenvalue weighted by Crippen LogP contribution is -2.13. The summed E-state index contributed by atoms with van der Waals surface area (Å²) >= 11 is 0. The number of carbonyl (C=O) groups excluding carboxylic acids is 1. The third-order valence-electron chi connectivity index (χ3n) is 2.69. The smallest absolute Gasteiger partial charge is 0.255 e. The molecule has 0 saturated heterocycles. The van der Waals surface area contributed by atoms with Crippen molar-refractivity contribution in [2.45, 2.75) is 13.5 Å². The van der Waals surface area contributed by atoms with Crippen LogP contribution in [0.15, 0.2) is 42.6 Å². The van der Waals surface area contributed by atoms with E-state index < -0.39 is 0 Å². The molecule has 0 radical (unpaired) electrons. The molecule has 0 fully saturated rings. The van der Waals surface area contributed by atoms with Gasteiger partial charge in [0.05, 0.1) is 12.3 Å². The Morgan fingerprint density at radius 3 is 2.95 bits per heavy atom. The molecule has 0 bridgehead atoms. The number of anilines is 1. The molecule has 1 amide bonds. The van der Waals surface area contributed by atoms with E-state index in [4.69, 9.17) is 10.5 Å². The quantitative estimate of drug-likeness (QED) is 0.874. The van der Waals surface area contributed by atoms with Crippen LogP contribution in [0.25, 0.3) is 0 Å². The predicted molar refractivity (Wildman–Crippen MR) is 77.7 cm³/mol. The molecule has 5 heteroatoms. The monoisotopic (exact) mass is 271 g/mol. The van der Waals surface area contributed by atoms with Gasteiger partial charge in [-0.15, -0.1) is 0 Å². The highest BCUT2D eigenvalue weighted by molar-refractivity contribution is 6.04. The topological polar surface area (TPSA) is 77.2 Å². The average molecular weight is 271 g/mol. The van der Waals surface area contributed by atoms with Crippen molar-refractivity contribution in [1.29, 1.82) is 0 Å². The van der Waals surface area contributed by atoms with Gasteiger partial charge in [0.25, 0.3) is 5.91 Å². The van der Waals surface area contributed by atoms with Gasteiger partial charge in [0.1, 0.15) is 5.75 Å². The molecular weight excluding hydrogens is 254 g/mol. The van der Waals surface area contributed by atoms with Crippen LogP contribution in [0.4, 0.5) is 5.69 Å². The van der Waals surface area contributed by atoms with Crippen LogP contribution in [0.5, 0.6) is 5.75 Å². The third kappa shape index (κ3) is 3.55. The van der Waals surface area contributed by atoms with Crippen LogP contribution < -0.4 is 15.8 Å². The van der Waals surface area contributed by atoms with Crippen molar-refractivity contribution < 1.29 is 9.53 Å². The van der Waals surface area contributed by atoms with Crippen LogP contribution in [0.2, 0.25) is 0 Å². The second-order valence-electron chi connectivity index (χ2n) is 4.15. The molecular formula is C15H17N3O2. The maximum atomic E-state index is 12.1. The molecule has 0 atom stereocenters. The van der Waals surface area contributed by atoms with Gasteiger partial charge in [-0.3, -0.25) is 9.78 Å². The molecule has 5 nitrogen and oxygen atoms in total. The minimum absolute atomic E-state index is 0.198. The first-order valence-corrected chi connectivity index (χ1v) is 6.42. The summed E-state index contributed by atoms with van der Waals surface area (Å²) < 4.78 is 5.39. The van der Waals surface area contributed by atoms with E-state index in [9.17, 15) is 4.79 Å². The van der Waals surface area contributed by atoms with Crippen LogP contribution in [0, 0.1) is 0 Å². The highest BCUT2D eigenvalue weighted by Crippen LogP contribution is 2.18. The van der Waals surface area contributed by atoms with Crippen LogP contribution in [0.3, 0.4) is 0 Å². The van der Waals surface area contributed by atoms with Crippen molar-refractivity contribution in [2.75, 3.05) is 11.9 Å². The number of rotatable bonds is 5. The van der Waals surface area contributed by atoms with Crippen molar-refractivity contribution in [3.05, 3.63) is 53.9 Å². The van der Waals surface area contributed by atoms with E-state index in [0.717, 1.165) is 5.75 Å². The third-order valence-corrected chi connectivity index (χ3v) is 2.69. The second kappa shape index (κ2) is 6.68. The molecule has 2 aromatic rings. The normalized spacial score (nSPS) is 10.1. The first-order chi connectivity index (χ1) is 9.72. The summed E-state index contributed by atoms with van der Waals surface area (Å²) in [7, 11) is 0. The van der Waals surface area contributed by atoms with Gasteiger partial charge in [-0.05, 0) is 31.2 Å². The lowest BCUT2D eigenvalue weighted by molar-refractivity contribution is 0.102. The fraction of sp³-hybridized carbons (Fsp3) is 0.200. The number of nitrogens with two attached hydrogens (primary N) is 1. The summed E-state index contributed by atoms with van der Waals surface area (Å²) in [5.41, 5.74) is 7.41. The summed E-state index contributed by atoms with van der Waals surface area (Å²) in [5.74, 6) is 0.526. The zero-order valence-electron chi connectivity index (χ0n) is 11.3. The molecule has 3 N–H and O–H groups in total. The molecule has 0 unspecified atom stereocenters. The molecule has 1 aromatic carbocycles. The predicted octanol–water partition coefficient (Wildman–Crippen LogP) is 2.19. The van der Waals surface area contributed by atoms with Gasteiger partial charge in [-0.25, -0.2) is 0 Å². The summed E-state index contributed by atoms with van der Waals surface area (Å²) in [5, 5.41) is 2.82. The number of ether oxygens (including phenoxy) is 1. The van der Waals surface area contributed by atoms with Gasteiger partial charge >= 0.3 is 0 Å². The number of nitrogens with one attached hydrogen (secondary N) is 1. The Balaban J connectivity index is 2.12. The first kappa shape index (κ1) is 14.0. The number of amides is 1. The molecule has 104 valence electrons. The molecule has 0 aliphatic carbocycles. The number of aromatic nitrogens is 1. The highest BCUT2D eigenvalue weighted by atomic mass is 16.5. The Morgan fingerprint density at radius 2 is 2.20 bits per heavy atom. The zero-order valence-corrected chi connectivity index (χ0v) is 11.3.